The molecule has 0 aliphatic rings. The van der Waals surface area contributed by atoms with Crippen molar-refractivity contribution in [2.45, 2.75) is 20.4 Å². The van der Waals surface area contributed by atoms with Gasteiger partial charge in [0.05, 0.1) is 17.1 Å². The highest BCUT2D eigenvalue weighted by Gasteiger charge is 2.17. The van der Waals surface area contributed by atoms with Crippen molar-refractivity contribution in [3.05, 3.63) is 75.8 Å². The molecule has 0 radical (unpaired) electrons. The normalized spacial score (nSPS) is 10.9. The summed E-state index contributed by atoms with van der Waals surface area (Å²) in [7, 11) is 0. The Kier molecular flexibility index (Phi) is 6.96. The van der Waals surface area contributed by atoms with Crippen LogP contribution in [0.15, 0.2) is 54.6 Å². The van der Waals surface area contributed by atoms with E-state index in [4.69, 9.17) is 16.3 Å². The predicted octanol–water partition coefficient (Wildman–Crippen LogP) is 4.88. The van der Waals surface area contributed by atoms with Crippen molar-refractivity contribution in [3.8, 4) is 5.75 Å². The summed E-state index contributed by atoms with van der Waals surface area (Å²) < 4.78 is 7.35. The van der Waals surface area contributed by atoms with Crippen molar-refractivity contribution in [1.29, 1.82) is 0 Å². The second-order valence-corrected chi connectivity index (χ2v) is 8.89. The molecule has 2 N–H and O–H groups in total. The summed E-state index contributed by atoms with van der Waals surface area (Å²) in [5.41, 5.74) is 2.60. The van der Waals surface area contributed by atoms with Gasteiger partial charge < -0.3 is 15.4 Å². The Bertz CT molecular complexity index is 1280. The second kappa shape index (κ2) is 10.1. The summed E-state index contributed by atoms with van der Waals surface area (Å²) in [6.45, 7) is 4.90. The van der Waals surface area contributed by atoms with E-state index in [1.165, 1.54) is 11.3 Å². The third-order valence-corrected chi connectivity index (χ3v) is 6.33. The van der Waals surface area contributed by atoms with Crippen LogP contribution in [0.3, 0.4) is 0 Å². The van der Waals surface area contributed by atoms with E-state index in [0.29, 0.717) is 34.4 Å². The van der Waals surface area contributed by atoms with Crippen LogP contribution in [0.25, 0.3) is 10.2 Å². The fourth-order valence-electron chi connectivity index (χ4n) is 3.32. The summed E-state index contributed by atoms with van der Waals surface area (Å²) in [5.74, 6) is 0.188. The second-order valence-electron chi connectivity index (χ2n) is 7.42. The molecule has 0 atom stereocenters. The van der Waals surface area contributed by atoms with Gasteiger partial charge in [-0.25, -0.2) is 0 Å². The molecule has 0 unspecified atom stereocenters. The number of likely N-dealkylation sites (N-methyl/N-ethyl adjacent to an activating group) is 1. The number of hydrogen-bond acceptors (Lipinski definition) is 5. The molecule has 0 fully saturated rings. The molecule has 0 aliphatic heterocycles. The number of carbonyl (C=O) groups excluding carboxylic acids is 2. The van der Waals surface area contributed by atoms with E-state index in [2.05, 4.69) is 15.7 Å². The third kappa shape index (κ3) is 5.53. The number of ether oxygens (including phenoxy) is 1. The predicted molar refractivity (Wildman–Crippen MR) is 131 cm³/mol. The first-order valence-electron chi connectivity index (χ1n) is 10.4. The maximum atomic E-state index is 12.8. The number of carbonyl (C=O) groups is 2. The Morgan fingerprint density at radius 1 is 1.12 bits per heavy atom. The van der Waals surface area contributed by atoms with Gasteiger partial charge in [0.1, 0.15) is 10.6 Å². The summed E-state index contributed by atoms with van der Waals surface area (Å²) in [4.78, 5) is 25.9. The molecular weight excluding hydrogens is 460 g/mol. The number of nitrogens with one attached hydrogen (secondary N) is 2. The van der Waals surface area contributed by atoms with Crippen LogP contribution in [0.1, 0.15) is 27.9 Å². The number of rotatable bonds is 8. The zero-order chi connectivity index (χ0) is 23.4. The van der Waals surface area contributed by atoms with Gasteiger partial charge in [-0.1, -0.05) is 23.7 Å². The molecule has 4 aromatic rings. The topological polar surface area (TPSA) is 85.2 Å². The van der Waals surface area contributed by atoms with Crippen LogP contribution in [-0.4, -0.2) is 34.7 Å². The lowest BCUT2D eigenvalue weighted by Gasteiger charge is -2.08. The van der Waals surface area contributed by atoms with Crippen molar-refractivity contribution in [2.75, 3.05) is 18.5 Å². The number of thiophene rings is 1. The highest BCUT2D eigenvalue weighted by molar-refractivity contribution is 7.20. The van der Waals surface area contributed by atoms with Gasteiger partial charge in [0.15, 0.2) is 6.61 Å². The highest BCUT2D eigenvalue weighted by Crippen LogP contribution is 2.30. The fourth-order valence-corrected chi connectivity index (χ4v) is 4.50. The minimum absolute atomic E-state index is 0.0479. The largest absolute Gasteiger partial charge is 0.484 e. The number of hydrogen-bond donors (Lipinski definition) is 2. The summed E-state index contributed by atoms with van der Waals surface area (Å²) in [6, 6.07) is 16.4. The zero-order valence-electron chi connectivity index (χ0n) is 18.2. The number of halogens is 1. The summed E-state index contributed by atoms with van der Waals surface area (Å²) in [5, 5.41) is 11.9. The van der Waals surface area contributed by atoms with Crippen LogP contribution in [-0.2, 0) is 11.3 Å². The molecular formula is C24H23ClN4O3S. The molecule has 2 aromatic carbocycles. The van der Waals surface area contributed by atoms with Gasteiger partial charge in [0.25, 0.3) is 11.8 Å². The van der Waals surface area contributed by atoms with E-state index in [1.54, 1.807) is 24.3 Å². The van der Waals surface area contributed by atoms with E-state index >= 15 is 0 Å². The van der Waals surface area contributed by atoms with Crippen molar-refractivity contribution < 1.29 is 14.3 Å². The van der Waals surface area contributed by atoms with Gasteiger partial charge in [-0.05, 0) is 61.9 Å². The Labute approximate surface area is 200 Å². The monoisotopic (exact) mass is 482 g/mol. The number of amides is 2. The van der Waals surface area contributed by atoms with E-state index in [1.807, 2.05) is 48.9 Å². The van der Waals surface area contributed by atoms with Gasteiger partial charge in [-0.2, -0.15) is 5.10 Å². The van der Waals surface area contributed by atoms with Crippen LogP contribution in [0, 0.1) is 6.92 Å². The van der Waals surface area contributed by atoms with Gasteiger partial charge in [0.2, 0.25) is 0 Å². The maximum absolute atomic E-state index is 12.8. The van der Waals surface area contributed by atoms with Crippen LogP contribution in [0.5, 0.6) is 5.75 Å². The minimum atomic E-state index is -0.190. The number of benzene rings is 2. The van der Waals surface area contributed by atoms with Gasteiger partial charge in [0, 0.05) is 22.6 Å². The lowest BCUT2D eigenvalue weighted by atomic mass is 10.2. The van der Waals surface area contributed by atoms with E-state index < -0.39 is 0 Å². The molecule has 0 aliphatic carbocycles. The molecule has 0 saturated heterocycles. The Morgan fingerprint density at radius 2 is 1.85 bits per heavy atom. The van der Waals surface area contributed by atoms with Crippen LogP contribution in [0.2, 0.25) is 5.02 Å². The third-order valence-electron chi connectivity index (χ3n) is 4.93. The molecule has 2 aromatic heterocycles. The molecule has 0 bridgehead atoms. The average molecular weight is 483 g/mol. The maximum Gasteiger partial charge on any atom is 0.265 e. The van der Waals surface area contributed by atoms with Gasteiger partial charge in [-0.15, -0.1) is 11.3 Å². The average Bonchev–Trinajstić information content (AvgIpc) is 3.36. The molecule has 0 spiro atoms. The van der Waals surface area contributed by atoms with Gasteiger partial charge >= 0.3 is 0 Å². The molecule has 7 nitrogen and oxygen atoms in total. The minimum Gasteiger partial charge on any atom is -0.484 e. The summed E-state index contributed by atoms with van der Waals surface area (Å²) in [6.07, 6.45) is 0. The summed E-state index contributed by atoms with van der Waals surface area (Å²) >= 11 is 7.39. The van der Waals surface area contributed by atoms with Gasteiger partial charge in [-0.3, -0.25) is 14.3 Å². The van der Waals surface area contributed by atoms with Crippen LogP contribution >= 0.6 is 22.9 Å². The van der Waals surface area contributed by atoms with E-state index in [-0.39, 0.29) is 18.4 Å². The van der Waals surface area contributed by atoms with Crippen LogP contribution in [0.4, 0.5) is 5.69 Å². The quantitative estimate of drug-likeness (QED) is 0.375. The van der Waals surface area contributed by atoms with E-state index in [0.717, 1.165) is 21.5 Å². The van der Waals surface area contributed by atoms with Crippen LogP contribution < -0.4 is 15.4 Å². The van der Waals surface area contributed by atoms with Crippen molar-refractivity contribution in [3.63, 3.8) is 0 Å². The first-order valence-corrected chi connectivity index (χ1v) is 11.6. The molecule has 2 amide bonds. The smallest absolute Gasteiger partial charge is 0.265 e. The molecule has 4 rings (SSSR count). The van der Waals surface area contributed by atoms with Crippen molar-refractivity contribution in [1.82, 2.24) is 15.1 Å². The molecule has 170 valence electrons. The van der Waals surface area contributed by atoms with Crippen molar-refractivity contribution >= 4 is 50.7 Å². The first kappa shape index (κ1) is 22.8. The molecule has 0 saturated carbocycles. The lowest BCUT2D eigenvalue weighted by molar-refractivity contribution is -0.122. The fraction of sp³-hybridized carbons (Fsp3) is 0.208. The van der Waals surface area contributed by atoms with E-state index in [9.17, 15) is 9.59 Å². The highest BCUT2D eigenvalue weighted by atomic mass is 35.5. The van der Waals surface area contributed by atoms with Crippen molar-refractivity contribution in [2.24, 2.45) is 0 Å². The number of nitrogens with zero attached hydrogens (tertiary/aromatic N) is 2. The number of aryl methyl sites for hydroxylation is 1. The standard InChI is InChI=1S/C24H23ClN4O3S/c1-3-26-22(30)14-32-19-10-8-18(9-11-19)27-23(31)21-12-20-15(2)28-29(24(20)33-21)13-16-4-6-17(25)7-5-16/h4-12H,3,13-14H2,1-2H3,(H,26,30)(H,27,31). The molecule has 33 heavy (non-hydrogen) atoms. The number of aromatic nitrogens is 2. The zero-order valence-corrected chi connectivity index (χ0v) is 19.8. The Balaban J connectivity index is 1.44. The number of fused-ring (bicyclic) bond motifs is 1. The molecule has 9 heteroatoms. The Morgan fingerprint density at radius 3 is 2.55 bits per heavy atom. The first-order chi connectivity index (χ1) is 15.9. The SMILES string of the molecule is CCNC(=O)COc1ccc(NC(=O)c2cc3c(C)nn(Cc4ccc(Cl)cc4)c3s2)cc1. The Hall–Kier alpha value is -3.36. The number of anilines is 1. The lowest BCUT2D eigenvalue weighted by Crippen LogP contribution is -2.28. The molecule has 2 heterocycles.